The molecule has 1 saturated heterocycles. The van der Waals surface area contributed by atoms with Gasteiger partial charge in [-0.2, -0.15) is 0 Å². The van der Waals surface area contributed by atoms with E-state index in [9.17, 15) is 19.2 Å². The molecule has 1 aromatic rings. The summed E-state index contributed by atoms with van der Waals surface area (Å²) in [6, 6.07) is 8.12. The molecule has 1 aliphatic carbocycles. The predicted octanol–water partition coefficient (Wildman–Crippen LogP) is 1.75. The van der Waals surface area contributed by atoms with E-state index >= 15 is 0 Å². The molecule has 0 radical (unpaired) electrons. The highest BCUT2D eigenvalue weighted by atomic mass is 16.5. The minimum atomic E-state index is -1.05. The van der Waals surface area contributed by atoms with Gasteiger partial charge in [0.25, 0.3) is 5.91 Å². The van der Waals surface area contributed by atoms with Gasteiger partial charge < -0.3 is 10.1 Å². The van der Waals surface area contributed by atoms with Crippen molar-refractivity contribution < 1.29 is 23.9 Å². The summed E-state index contributed by atoms with van der Waals surface area (Å²) in [5.74, 6) is -2.70. The number of benzene rings is 1. The van der Waals surface area contributed by atoms with Crippen LogP contribution < -0.4 is 5.32 Å². The third-order valence-corrected chi connectivity index (χ3v) is 5.29. The Kier molecular flexibility index (Phi) is 5.92. The molecule has 3 amide bonds. The molecule has 0 spiro atoms. The smallest absolute Gasteiger partial charge is 0.329 e. The number of carbonyl (C=O) groups is 4. The number of amides is 3. The van der Waals surface area contributed by atoms with Gasteiger partial charge in [0.2, 0.25) is 11.8 Å². The summed E-state index contributed by atoms with van der Waals surface area (Å²) in [6.07, 6.45) is 4.79. The second-order valence-corrected chi connectivity index (χ2v) is 7.19. The first-order valence-corrected chi connectivity index (χ1v) is 9.43. The van der Waals surface area contributed by atoms with Crippen molar-refractivity contribution in [3.8, 4) is 0 Å². The molecule has 1 aromatic carbocycles. The van der Waals surface area contributed by atoms with Gasteiger partial charge in [-0.3, -0.25) is 19.3 Å². The fourth-order valence-electron chi connectivity index (χ4n) is 3.68. The van der Waals surface area contributed by atoms with Crippen molar-refractivity contribution in [3.05, 3.63) is 48.0 Å². The normalized spacial score (nSPS) is 23.1. The molecule has 28 heavy (non-hydrogen) atoms. The van der Waals surface area contributed by atoms with Crippen molar-refractivity contribution in [1.82, 2.24) is 10.2 Å². The van der Waals surface area contributed by atoms with Gasteiger partial charge in [-0.25, -0.2) is 4.79 Å². The molecule has 0 bridgehead atoms. The summed E-state index contributed by atoms with van der Waals surface area (Å²) in [6.45, 7) is 2.81. The fourth-order valence-corrected chi connectivity index (χ4v) is 3.68. The summed E-state index contributed by atoms with van der Waals surface area (Å²) >= 11 is 0. The average Bonchev–Trinajstić information content (AvgIpc) is 2.97. The molecular weight excluding hydrogens is 360 g/mol. The number of esters is 1. The van der Waals surface area contributed by atoms with Crippen molar-refractivity contribution in [3.63, 3.8) is 0 Å². The maximum Gasteiger partial charge on any atom is 0.329 e. The van der Waals surface area contributed by atoms with E-state index < -0.39 is 36.4 Å². The third kappa shape index (κ3) is 3.98. The van der Waals surface area contributed by atoms with Crippen LogP contribution in [0.5, 0.6) is 0 Å². The topological polar surface area (TPSA) is 92.8 Å². The zero-order valence-corrected chi connectivity index (χ0v) is 16.0. The van der Waals surface area contributed by atoms with E-state index in [4.69, 9.17) is 4.74 Å². The summed E-state index contributed by atoms with van der Waals surface area (Å²) in [4.78, 5) is 50.4. The van der Waals surface area contributed by atoms with Gasteiger partial charge in [0.1, 0.15) is 6.04 Å². The lowest BCUT2D eigenvalue weighted by Crippen LogP contribution is -2.45. The van der Waals surface area contributed by atoms with E-state index in [0.29, 0.717) is 12.8 Å². The third-order valence-electron chi connectivity index (χ3n) is 5.29. The Labute approximate surface area is 163 Å². The minimum Gasteiger partial charge on any atom is -0.454 e. The molecule has 0 aromatic heterocycles. The summed E-state index contributed by atoms with van der Waals surface area (Å²) in [5.41, 5.74) is 0.931. The van der Waals surface area contributed by atoms with Crippen molar-refractivity contribution in [1.29, 1.82) is 0 Å². The first-order valence-electron chi connectivity index (χ1n) is 9.43. The summed E-state index contributed by atoms with van der Waals surface area (Å²) in [7, 11) is 0. The van der Waals surface area contributed by atoms with Gasteiger partial charge in [0.15, 0.2) is 6.61 Å². The molecule has 1 fully saturated rings. The van der Waals surface area contributed by atoms with Gasteiger partial charge in [-0.1, -0.05) is 42.5 Å². The number of rotatable bonds is 6. The number of allylic oxidation sites excluding steroid dienone is 2. The van der Waals surface area contributed by atoms with Gasteiger partial charge in [0.05, 0.1) is 17.9 Å². The van der Waals surface area contributed by atoms with Crippen LogP contribution in [0.2, 0.25) is 0 Å². The molecule has 1 heterocycles. The van der Waals surface area contributed by atoms with Crippen molar-refractivity contribution >= 4 is 23.7 Å². The predicted molar refractivity (Wildman–Crippen MR) is 101 cm³/mol. The van der Waals surface area contributed by atoms with E-state index in [2.05, 4.69) is 5.32 Å². The number of imide groups is 1. The van der Waals surface area contributed by atoms with Crippen molar-refractivity contribution in [2.75, 3.05) is 6.61 Å². The molecule has 7 heteroatoms. The highest BCUT2D eigenvalue weighted by molar-refractivity contribution is 6.08. The van der Waals surface area contributed by atoms with Crippen LogP contribution in [0.3, 0.4) is 0 Å². The van der Waals surface area contributed by atoms with Gasteiger partial charge >= 0.3 is 5.97 Å². The van der Waals surface area contributed by atoms with Crippen molar-refractivity contribution in [2.45, 2.75) is 38.8 Å². The standard InChI is InChI=1S/C21H24N2O5/c1-13(15-8-4-3-5-9-15)22-18(24)12-28-21(27)14(2)23-19(25)16-10-6-7-11-17(16)20(23)26/h3-9,13-14,16-17H,10-12H2,1-2H3,(H,22,24)/t13-,14+,16-,17+/m1/s1. The van der Waals surface area contributed by atoms with Crippen LogP contribution in [0.4, 0.5) is 0 Å². The maximum atomic E-state index is 12.5. The summed E-state index contributed by atoms with van der Waals surface area (Å²) < 4.78 is 5.05. The average molecular weight is 384 g/mol. The number of nitrogens with zero attached hydrogens (tertiary/aromatic N) is 1. The number of likely N-dealkylation sites (tertiary alicyclic amines) is 1. The van der Waals surface area contributed by atoms with Gasteiger partial charge in [0, 0.05) is 0 Å². The number of nitrogens with one attached hydrogen (secondary N) is 1. The maximum absolute atomic E-state index is 12.5. The lowest BCUT2D eigenvalue weighted by atomic mass is 9.85. The highest BCUT2D eigenvalue weighted by Gasteiger charge is 2.50. The SMILES string of the molecule is C[C@@H](NC(=O)COC(=O)[C@H](C)N1C(=O)[C@H]2CC=CC[C@H]2C1=O)c1ccccc1. The number of hydrogen-bond acceptors (Lipinski definition) is 5. The Morgan fingerprint density at radius 2 is 1.64 bits per heavy atom. The van der Waals surface area contributed by atoms with Gasteiger partial charge in [-0.05, 0) is 32.3 Å². The van der Waals surface area contributed by atoms with E-state index in [1.807, 2.05) is 49.4 Å². The molecule has 4 atom stereocenters. The summed E-state index contributed by atoms with van der Waals surface area (Å²) in [5, 5.41) is 2.75. The van der Waals surface area contributed by atoms with E-state index in [1.165, 1.54) is 6.92 Å². The van der Waals surface area contributed by atoms with E-state index in [0.717, 1.165) is 10.5 Å². The molecular formula is C21H24N2O5. The van der Waals surface area contributed by atoms with Crippen LogP contribution in [-0.4, -0.2) is 41.2 Å². The Bertz CT molecular complexity index is 778. The zero-order valence-electron chi connectivity index (χ0n) is 16.0. The number of carbonyl (C=O) groups excluding carboxylic acids is 4. The monoisotopic (exact) mass is 384 g/mol. The van der Waals surface area contributed by atoms with Crippen LogP contribution in [0, 0.1) is 11.8 Å². The Balaban J connectivity index is 1.52. The molecule has 7 nitrogen and oxygen atoms in total. The minimum absolute atomic E-state index is 0.234. The van der Waals surface area contributed by atoms with Crippen LogP contribution in [0.1, 0.15) is 38.3 Å². The zero-order chi connectivity index (χ0) is 20.3. The van der Waals surface area contributed by atoms with Crippen LogP contribution in [0.25, 0.3) is 0 Å². The highest BCUT2D eigenvalue weighted by Crippen LogP contribution is 2.36. The first-order chi connectivity index (χ1) is 13.4. The Hall–Kier alpha value is -2.96. The second kappa shape index (κ2) is 8.37. The van der Waals surface area contributed by atoms with Gasteiger partial charge in [-0.15, -0.1) is 0 Å². The molecule has 0 unspecified atom stereocenters. The molecule has 1 N–H and O–H groups in total. The molecule has 2 aliphatic rings. The Morgan fingerprint density at radius 3 is 2.21 bits per heavy atom. The molecule has 1 aliphatic heterocycles. The first kappa shape index (κ1) is 19.8. The van der Waals surface area contributed by atoms with E-state index in [1.54, 1.807) is 0 Å². The molecule has 3 rings (SSSR count). The number of ether oxygens (including phenoxy) is 1. The van der Waals surface area contributed by atoms with Crippen LogP contribution in [0.15, 0.2) is 42.5 Å². The number of hydrogen-bond donors (Lipinski definition) is 1. The largest absolute Gasteiger partial charge is 0.454 e. The molecule has 0 saturated carbocycles. The van der Waals surface area contributed by atoms with E-state index in [-0.39, 0.29) is 17.9 Å². The lowest BCUT2D eigenvalue weighted by Gasteiger charge is -2.21. The second-order valence-electron chi connectivity index (χ2n) is 7.19. The number of fused-ring (bicyclic) bond motifs is 1. The quantitative estimate of drug-likeness (QED) is 0.458. The Morgan fingerprint density at radius 1 is 1.07 bits per heavy atom. The lowest BCUT2D eigenvalue weighted by molar-refractivity contribution is -0.159. The fraction of sp³-hybridized carbons (Fsp3) is 0.429. The van der Waals surface area contributed by atoms with Crippen LogP contribution >= 0.6 is 0 Å². The van der Waals surface area contributed by atoms with Crippen molar-refractivity contribution in [2.24, 2.45) is 11.8 Å². The molecule has 148 valence electrons. The van der Waals surface area contributed by atoms with Crippen LogP contribution in [-0.2, 0) is 23.9 Å².